The van der Waals surface area contributed by atoms with Gasteiger partial charge in [-0.05, 0) is 23.1 Å². The van der Waals surface area contributed by atoms with Crippen molar-refractivity contribution in [3.63, 3.8) is 0 Å². The van der Waals surface area contributed by atoms with Crippen molar-refractivity contribution in [3.8, 4) is 5.88 Å². The number of rotatable bonds is 6. The Labute approximate surface area is 178 Å². The Balaban J connectivity index is 1.33. The fourth-order valence-electron chi connectivity index (χ4n) is 4.13. The molecule has 2 N–H and O–H groups in total. The molecule has 2 saturated heterocycles. The van der Waals surface area contributed by atoms with Crippen molar-refractivity contribution in [2.75, 3.05) is 19.8 Å². The number of aromatic nitrogens is 1. The van der Waals surface area contributed by atoms with E-state index in [9.17, 15) is 18.0 Å². The first-order valence-corrected chi connectivity index (χ1v) is 10.1. The van der Waals surface area contributed by atoms with Crippen molar-refractivity contribution < 1.29 is 27.4 Å². The summed E-state index contributed by atoms with van der Waals surface area (Å²) in [5.74, 6) is -0.490. The van der Waals surface area contributed by atoms with E-state index in [1.165, 1.54) is 18.3 Å². The number of amides is 1. The minimum absolute atomic E-state index is 0.0579. The van der Waals surface area contributed by atoms with Gasteiger partial charge in [0, 0.05) is 25.2 Å². The van der Waals surface area contributed by atoms with Gasteiger partial charge in [0.1, 0.15) is 5.60 Å². The number of pyridine rings is 1. The number of carbonyl (C=O) groups excluding carboxylic acids is 1. The molecule has 6 nitrogen and oxygen atoms in total. The van der Waals surface area contributed by atoms with Crippen molar-refractivity contribution in [1.82, 2.24) is 15.6 Å². The average molecular weight is 435 g/mol. The average Bonchev–Trinajstić information content (AvgIpc) is 3.19. The number of allylic oxidation sites excluding steroid dienone is 1. The molecule has 0 saturated carbocycles. The molecule has 3 aliphatic rings. The van der Waals surface area contributed by atoms with Crippen LogP contribution in [-0.2, 0) is 4.74 Å². The van der Waals surface area contributed by atoms with Crippen LogP contribution in [0.25, 0.3) is 0 Å². The van der Waals surface area contributed by atoms with Gasteiger partial charge in [0.2, 0.25) is 5.88 Å². The summed E-state index contributed by atoms with van der Waals surface area (Å²) in [6.45, 7) is 6.18. The van der Waals surface area contributed by atoms with Crippen molar-refractivity contribution in [1.29, 1.82) is 0 Å². The molecule has 0 aromatic carbocycles. The van der Waals surface area contributed by atoms with E-state index in [1.807, 2.05) is 19.1 Å². The van der Waals surface area contributed by atoms with Gasteiger partial charge in [-0.1, -0.05) is 31.7 Å². The maximum absolute atomic E-state index is 12.5. The van der Waals surface area contributed by atoms with Crippen LogP contribution in [0.4, 0.5) is 13.2 Å². The van der Waals surface area contributed by atoms with Crippen molar-refractivity contribution in [3.05, 3.63) is 59.8 Å². The standard InChI is InChI=1S/C22H24F3N3O3/c1-13-7-15(8-21-11-27-18(10-31-21)14(21)2)3-5-17(13)28-20(29)16-4-6-19(26-9-16)30-12-22(23,24)25/h3-7,9,13,17-18,27H,2,8,10-12H2,1H3,(H,28,29)/t13?,17?,18-,21?/m1/s1. The second kappa shape index (κ2) is 8.12. The minimum atomic E-state index is -4.44. The normalized spacial score (nSPS) is 29.7. The highest BCUT2D eigenvalue weighted by Gasteiger charge is 2.49. The van der Waals surface area contributed by atoms with Crippen LogP contribution in [-0.4, -0.2) is 54.5 Å². The van der Waals surface area contributed by atoms with Crippen LogP contribution in [0.3, 0.4) is 0 Å². The van der Waals surface area contributed by atoms with E-state index in [0.29, 0.717) is 6.61 Å². The smallest absolute Gasteiger partial charge is 0.422 e. The molecule has 2 bridgehead atoms. The van der Waals surface area contributed by atoms with Gasteiger partial charge in [0.25, 0.3) is 5.91 Å². The molecule has 3 heterocycles. The molecule has 2 aliphatic heterocycles. The van der Waals surface area contributed by atoms with Crippen molar-refractivity contribution in [2.45, 2.75) is 37.2 Å². The van der Waals surface area contributed by atoms with Gasteiger partial charge in [-0.3, -0.25) is 4.79 Å². The number of carbonyl (C=O) groups is 1. The van der Waals surface area contributed by atoms with E-state index in [4.69, 9.17) is 4.74 Å². The zero-order valence-electron chi connectivity index (χ0n) is 17.0. The van der Waals surface area contributed by atoms with Gasteiger partial charge < -0.3 is 20.1 Å². The largest absolute Gasteiger partial charge is 0.468 e. The number of nitrogens with zero attached hydrogens (tertiary/aromatic N) is 1. The summed E-state index contributed by atoms with van der Waals surface area (Å²) in [6.07, 6.45) is 3.55. The fraction of sp³-hybridized carbons (Fsp3) is 0.455. The highest BCUT2D eigenvalue weighted by molar-refractivity contribution is 5.94. The molecular formula is C22H24F3N3O3. The maximum Gasteiger partial charge on any atom is 0.422 e. The number of nitrogens with one attached hydrogen (secondary N) is 2. The number of fused-ring (bicyclic) bond motifs is 2. The zero-order chi connectivity index (χ0) is 22.2. The van der Waals surface area contributed by atoms with Gasteiger partial charge in [0.15, 0.2) is 6.61 Å². The van der Waals surface area contributed by atoms with Gasteiger partial charge in [-0.15, -0.1) is 0 Å². The predicted molar refractivity (Wildman–Crippen MR) is 108 cm³/mol. The van der Waals surface area contributed by atoms with Gasteiger partial charge >= 0.3 is 6.18 Å². The number of hydrogen-bond acceptors (Lipinski definition) is 5. The molecule has 1 aromatic heterocycles. The quantitative estimate of drug-likeness (QED) is 0.673. The summed E-state index contributed by atoms with van der Waals surface area (Å²) in [5.41, 5.74) is 2.13. The fourth-order valence-corrected chi connectivity index (χ4v) is 4.13. The summed E-state index contributed by atoms with van der Waals surface area (Å²) in [5, 5.41) is 6.34. The van der Waals surface area contributed by atoms with Crippen LogP contribution in [0.2, 0.25) is 0 Å². The van der Waals surface area contributed by atoms with Crippen molar-refractivity contribution >= 4 is 5.91 Å². The second-order valence-electron chi connectivity index (χ2n) is 8.19. The van der Waals surface area contributed by atoms with Crippen LogP contribution < -0.4 is 15.4 Å². The summed E-state index contributed by atoms with van der Waals surface area (Å²) >= 11 is 0. The molecule has 0 spiro atoms. The monoisotopic (exact) mass is 435 g/mol. The van der Waals surface area contributed by atoms with E-state index in [1.54, 1.807) is 0 Å². The highest BCUT2D eigenvalue weighted by Crippen LogP contribution is 2.41. The minimum Gasteiger partial charge on any atom is -0.468 e. The topological polar surface area (TPSA) is 72.5 Å². The summed E-state index contributed by atoms with van der Waals surface area (Å²) in [7, 11) is 0. The molecule has 3 unspecified atom stereocenters. The van der Waals surface area contributed by atoms with Crippen LogP contribution in [0.5, 0.6) is 5.88 Å². The Hall–Kier alpha value is -2.65. The predicted octanol–water partition coefficient (Wildman–Crippen LogP) is 2.94. The second-order valence-corrected chi connectivity index (χ2v) is 8.19. The first-order valence-electron chi connectivity index (χ1n) is 10.1. The molecule has 1 amide bonds. The molecular weight excluding hydrogens is 411 g/mol. The Morgan fingerprint density at radius 3 is 2.81 bits per heavy atom. The van der Waals surface area contributed by atoms with Crippen LogP contribution in [0.15, 0.2) is 54.3 Å². The lowest BCUT2D eigenvalue weighted by atomic mass is 9.84. The lowest BCUT2D eigenvalue weighted by Gasteiger charge is -2.30. The number of halogens is 3. The van der Waals surface area contributed by atoms with Crippen LogP contribution >= 0.6 is 0 Å². The molecule has 166 valence electrons. The molecule has 4 atom stereocenters. The summed E-state index contributed by atoms with van der Waals surface area (Å²) in [6, 6.07) is 2.65. The number of alkyl halides is 3. The third-order valence-corrected chi connectivity index (χ3v) is 5.90. The summed E-state index contributed by atoms with van der Waals surface area (Å²) in [4.78, 5) is 16.3. The number of ether oxygens (including phenoxy) is 2. The van der Waals surface area contributed by atoms with E-state index in [-0.39, 0.29) is 41.0 Å². The maximum atomic E-state index is 12.5. The Morgan fingerprint density at radius 2 is 2.26 bits per heavy atom. The van der Waals surface area contributed by atoms with E-state index in [2.05, 4.69) is 33.0 Å². The summed E-state index contributed by atoms with van der Waals surface area (Å²) < 4.78 is 47.2. The zero-order valence-corrected chi connectivity index (χ0v) is 17.0. The molecule has 1 aromatic rings. The molecule has 0 radical (unpaired) electrons. The Morgan fingerprint density at radius 1 is 1.45 bits per heavy atom. The Bertz CT molecular complexity index is 916. The van der Waals surface area contributed by atoms with Gasteiger partial charge in [0.05, 0.1) is 24.3 Å². The molecule has 2 fully saturated rings. The van der Waals surface area contributed by atoms with E-state index >= 15 is 0 Å². The molecule has 1 aliphatic carbocycles. The third kappa shape index (κ3) is 4.67. The first-order chi connectivity index (χ1) is 14.7. The van der Waals surface area contributed by atoms with Crippen LogP contribution in [0.1, 0.15) is 23.7 Å². The molecule has 4 rings (SSSR count). The lowest BCUT2D eigenvalue weighted by molar-refractivity contribution is -0.154. The SMILES string of the molecule is C=C1[C@H]2COC1(CC1=CC(C)C(NC(=O)c3ccc(OCC(F)(F)F)nc3)C=C1)CN2. The molecule has 9 heteroatoms. The third-order valence-electron chi connectivity index (χ3n) is 5.90. The van der Waals surface area contributed by atoms with Gasteiger partial charge in [-0.25, -0.2) is 4.98 Å². The van der Waals surface area contributed by atoms with E-state index in [0.717, 1.165) is 24.1 Å². The number of hydrogen-bond donors (Lipinski definition) is 2. The highest BCUT2D eigenvalue weighted by atomic mass is 19.4. The number of morpholine rings is 1. The lowest BCUT2D eigenvalue weighted by Crippen LogP contribution is -2.41. The van der Waals surface area contributed by atoms with Crippen LogP contribution in [0, 0.1) is 5.92 Å². The molecule has 31 heavy (non-hydrogen) atoms. The first kappa shape index (κ1) is 21.6. The van der Waals surface area contributed by atoms with E-state index < -0.39 is 12.8 Å². The Kier molecular flexibility index (Phi) is 5.65. The van der Waals surface area contributed by atoms with Gasteiger partial charge in [-0.2, -0.15) is 13.2 Å². The van der Waals surface area contributed by atoms with Crippen molar-refractivity contribution in [2.24, 2.45) is 5.92 Å².